The third-order valence-corrected chi connectivity index (χ3v) is 2.69. The van der Waals surface area contributed by atoms with Crippen LogP contribution >= 0.6 is 0 Å². The number of ether oxygens (including phenoxy) is 2. The third kappa shape index (κ3) is 8.51. The number of benzene rings is 1. The smallest absolute Gasteiger partial charge is 0.120 e. The fourth-order valence-corrected chi connectivity index (χ4v) is 1.50. The monoisotopic (exact) mass is 332 g/mol. The molecule has 1 saturated heterocycles. The van der Waals surface area contributed by atoms with Crippen molar-refractivity contribution in [3.8, 4) is 88.6 Å². The van der Waals surface area contributed by atoms with Crippen LogP contribution in [0.2, 0.25) is 0 Å². The van der Waals surface area contributed by atoms with Gasteiger partial charge in [0.25, 0.3) is 0 Å². The zero-order valence-electron chi connectivity index (χ0n) is 14.1. The summed E-state index contributed by atoms with van der Waals surface area (Å²) < 4.78 is 10.7. The summed E-state index contributed by atoms with van der Waals surface area (Å²) in [5.74, 6) is 37.3. The molecule has 1 aromatic carbocycles. The molecule has 2 nitrogen and oxygen atoms in total. The summed E-state index contributed by atoms with van der Waals surface area (Å²) in [5.41, 5.74) is 0.824. The number of epoxide rings is 1. The average Bonchev–Trinajstić information content (AvgIpc) is 3.49. The second kappa shape index (κ2) is 11.4. The zero-order chi connectivity index (χ0) is 18.3. The molecule has 0 N–H and O–H groups in total. The van der Waals surface area contributed by atoms with E-state index in [0.717, 1.165) is 17.9 Å². The summed E-state index contributed by atoms with van der Waals surface area (Å²) >= 11 is 0. The maximum atomic E-state index is 5.60. The van der Waals surface area contributed by atoms with E-state index in [1.54, 1.807) is 6.92 Å². The van der Waals surface area contributed by atoms with Gasteiger partial charge in [-0.25, -0.2) is 0 Å². The summed E-state index contributed by atoms with van der Waals surface area (Å²) in [6.45, 7) is 3.05. The van der Waals surface area contributed by atoms with Gasteiger partial charge in [-0.1, -0.05) is 17.9 Å². The van der Waals surface area contributed by atoms with Crippen LogP contribution in [0, 0.1) is 82.9 Å². The van der Waals surface area contributed by atoms with Gasteiger partial charge >= 0.3 is 0 Å². The number of hydrogen-bond acceptors (Lipinski definition) is 2. The van der Waals surface area contributed by atoms with E-state index in [9.17, 15) is 0 Å². The van der Waals surface area contributed by atoms with Crippen LogP contribution in [0.1, 0.15) is 12.5 Å². The van der Waals surface area contributed by atoms with Crippen LogP contribution < -0.4 is 4.74 Å². The van der Waals surface area contributed by atoms with Crippen LogP contribution in [0.25, 0.3) is 0 Å². The van der Waals surface area contributed by atoms with Gasteiger partial charge in [-0.2, -0.15) is 0 Å². The van der Waals surface area contributed by atoms with Crippen LogP contribution in [0.15, 0.2) is 24.3 Å². The Morgan fingerprint density at radius 2 is 1.46 bits per heavy atom. The maximum absolute atomic E-state index is 5.60. The second-order valence-corrected chi connectivity index (χ2v) is 4.67. The largest absolute Gasteiger partial charge is 0.491 e. The topological polar surface area (TPSA) is 21.8 Å². The van der Waals surface area contributed by atoms with Gasteiger partial charge in [0.1, 0.15) is 18.5 Å². The molecule has 1 atom stereocenters. The van der Waals surface area contributed by atoms with Crippen molar-refractivity contribution in [2.45, 2.75) is 13.0 Å². The summed E-state index contributed by atoms with van der Waals surface area (Å²) in [7, 11) is 0. The van der Waals surface area contributed by atoms with Crippen molar-refractivity contribution in [3.63, 3.8) is 0 Å². The first-order chi connectivity index (χ1) is 12.9. The maximum Gasteiger partial charge on any atom is 0.120 e. The molecular formula is C24H12O2. The SMILES string of the molecule is CC#CC#CC#CC#CC#CC#CC#Cc1cccc(OCC2CO2)c1. The minimum Gasteiger partial charge on any atom is -0.491 e. The van der Waals surface area contributed by atoms with Gasteiger partial charge in [-0.05, 0) is 96.2 Å². The molecule has 0 aliphatic carbocycles. The van der Waals surface area contributed by atoms with Gasteiger partial charge in [0.2, 0.25) is 0 Å². The predicted molar refractivity (Wildman–Crippen MR) is 101 cm³/mol. The van der Waals surface area contributed by atoms with Crippen LogP contribution in [0.3, 0.4) is 0 Å². The molecule has 0 saturated carbocycles. The highest BCUT2D eigenvalue weighted by Gasteiger charge is 2.22. The molecule has 0 bridgehead atoms. The van der Waals surface area contributed by atoms with Gasteiger partial charge in [-0.3, -0.25) is 0 Å². The Bertz CT molecular complexity index is 1090. The Labute approximate surface area is 154 Å². The molecule has 1 heterocycles. The molecule has 1 aliphatic heterocycles. The van der Waals surface area contributed by atoms with Crippen molar-refractivity contribution in [2.75, 3.05) is 13.2 Å². The van der Waals surface area contributed by atoms with E-state index in [2.05, 4.69) is 82.9 Å². The summed E-state index contributed by atoms with van der Waals surface area (Å²) in [5, 5.41) is 0. The summed E-state index contributed by atoms with van der Waals surface area (Å²) in [4.78, 5) is 0. The van der Waals surface area contributed by atoms with Crippen LogP contribution in [0.5, 0.6) is 5.75 Å². The highest BCUT2D eigenvalue weighted by molar-refractivity contribution is 5.47. The molecule has 0 spiro atoms. The normalized spacial score (nSPS) is 11.7. The second-order valence-electron chi connectivity index (χ2n) is 4.67. The number of hydrogen-bond donors (Lipinski definition) is 0. The Morgan fingerprint density at radius 3 is 2.04 bits per heavy atom. The Morgan fingerprint density at radius 1 is 0.885 bits per heavy atom. The van der Waals surface area contributed by atoms with Crippen LogP contribution in [-0.2, 0) is 4.74 Å². The first-order valence-electron chi connectivity index (χ1n) is 7.66. The zero-order valence-corrected chi connectivity index (χ0v) is 14.1. The molecule has 1 unspecified atom stereocenters. The van der Waals surface area contributed by atoms with Crippen molar-refractivity contribution in [3.05, 3.63) is 29.8 Å². The lowest BCUT2D eigenvalue weighted by atomic mass is 10.2. The molecule has 120 valence electrons. The minimum atomic E-state index is 0.228. The Balaban J connectivity index is 1.83. The highest BCUT2D eigenvalue weighted by Crippen LogP contribution is 2.16. The first kappa shape index (κ1) is 18.2. The van der Waals surface area contributed by atoms with Crippen LogP contribution in [-0.4, -0.2) is 19.3 Å². The van der Waals surface area contributed by atoms with E-state index in [1.807, 2.05) is 24.3 Å². The molecule has 1 aliphatic rings. The molecule has 2 rings (SSSR count). The van der Waals surface area contributed by atoms with Gasteiger partial charge in [-0.15, -0.1) is 0 Å². The quantitative estimate of drug-likeness (QED) is 0.623. The average molecular weight is 332 g/mol. The van der Waals surface area contributed by atoms with Crippen molar-refractivity contribution in [1.29, 1.82) is 0 Å². The van der Waals surface area contributed by atoms with Crippen molar-refractivity contribution in [1.82, 2.24) is 0 Å². The van der Waals surface area contributed by atoms with E-state index in [1.165, 1.54) is 0 Å². The van der Waals surface area contributed by atoms with E-state index in [-0.39, 0.29) is 6.10 Å². The Kier molecular flexibility index (Phi) is 8.02. The van der Waals surface area contributed by atoms with Gasteiger partial charge in [0.15, 0.2) is 0 Å². The van der Waals surface area contributed by atoms with E-state index in [0.29, 0.717) is 6.61 Å². The third-order valence-electron chi connectivity index (χ3n) is 2.69. The molecule has 1 fully saturated rings. The molecule has 2 heteroatoms. The summed E-state index contributed by atoms with van der Waals surface area (Å²) in [6.07, 6.45) is 0.228. The van der Waals surface area contributed by atoms with E-state index in [4.69, 9.17) is 9.47 Å². The molecule has 0 aromatic heterocycles. The lowest BCUT2D eigenvalue weighted by molar-refractivity contribution is 0.263. The van der Waals surface area contributed by atoms with Crippen molar-refractivity contribution in [2.24, 2.45) is 0 Å². The first-order valence-corrected chi connectivity index (χ1v) is 7.66. The molecule has 0 radical (unpaired) electrons. The standard InChI is InChI=1S/C24H12O2/c1-2-3-4-5-6-7-8-9-10-11-12-13-14-16-22-17-15-18-23(19-22)25-20-24-21-26-24/h15,17-19,24H,20-21H2,1H3. The van der Waals surface area contributed by atoms with Crippen molar-refractivity contribution < 1.29 is 9.47 Å². The van der Waals surface area contributed by atoms with E-state index < -0.39 is 0 Å². The molecule has 0 amide bonds. The van der Waals surface area contributed by atoms with Crippen molar-refractivity contribution >= 4 is 0 Å². The minimum absolute atomic E-state index is 0.228. The lowest BCUT2D eigenvalue weighted by Crippen LogP contribution is -2.03. The van der Waals surface area contributed by atoms with Gasteiger partial charge in [0.05, 0.1) is 6.61 Å². The molecular weight excluding hydrogens is 320 g/mol. The van der Waals surface area contributed by atoms with E-state index >= 15 is 0 Å². The predicted octanol–water partition coefficient (Wildman–Crippen LogP) is 1.86. The molecule has 1 aromatic rings. The lowest BCUT2D eigenvalue weighted by Gasteiger charge is -2.03. The molecule has 26 heavy (non-hydrogen) atoms. The number of rotatable bonds is 3. The summed E-state index contributed by atoms with van der Waals surface area (Å²) in [6, 6.07) is 7.52. The van der Waals surface area contributed by atoms with Gasteiger partial charge < -0.3 is 9.47 Å². The highest BCUT2D eigenvalue weighted by atomic mass is 16.6. The fourth-order valence-electron chi connectivity index (χ4n) is 1.50. The Hall–Kier alpha value is -4.10. The van der Waals surface area contributed by atoms with Crippen LogP contribution in [0.4, 0.5) is 0 Å². The van der Waals surface area contributed by atoms with Gasteiger partial charge in [0, 0.05) is 5.56 Å². The fraction of sp³-hybridized carbons (Fsp3) is 0.167.